The van der Waals surface area contributed by atoms with Gasteiger partial charge in [-0.3, -0.25) is 9.59 Å². The standard InChI is InChI=1S/C22H24N2O4/c1-14-9-17-10-15(7-8-19(17)23-22(14)27)11-21(26)24(2)13-20(25)16-5-4-6-18(12-16)28-3/h4-10,12,20,25H,11,13H2,1-3H3,(H,23,27). The monoisotopic (exact) mass is 380 g/mol. The number of hydrogen-bond donors (Lipinski definition) is 2. The van der Waals surface area contributed by atoms with Crippen LogP contribution in [0, 0.1) is 6.92 Å². The lowest BCUT2D eigenvalue weighted by molar-refractivity contribution is -0.130. The summed E-state index contributed by atoms with van der Waals surface area (Å²) in [6, 6.07) is 14.5. The molecular formula is C22H24N2O4. The average molecular weight is 380 g/mol. The molecule has 0 saturated carbocycles. The third-order valence-corrected chi connectivity index (χ3v) is 4.80. The summed E-state index contributed by atoms with van der Waals surface area (Å²) in [7, 11) is 3.25. The van der Waals surface area contributed by atoms with E-state index in [0.29, 0.717) is 16.9 Å². The second kappa shape index (κ2) is 8.27. The maximum absolute atomic E-state index is 12.6. The molecule has 1 amide bonds. The van der Waals surface area contributed by atoms with Crippen LogP contribution in [0.25, 0.3) is 10.9 Å². The fourth-order valence-electron chi connectivity index (χ4n) is 3.10. The first-order chi connectivity index (χ1) is 13.4. The summed E-state index contributed by atoms with van der Waals surface area (Å²) in [5.74, 6) is 0.567. The molecule has 1 unspecified atom stereocenters. The van der Waals surface area contributed by atoms with Gasteiger partial charge in [-0.05, 0) is 53.8 Å². The van der Waals surface area contributed by atoms with Gasteiger partial charge in [0.05, 0.1) is 26.2 Å². The first kappa shape index (κ1) is 19.6. The molecule has 0 fully saturated rings. The number of likely N-dealkylation sites (N-methyl/N-ethyl adjacent to an activating group) is 1. The van der Waals surface area contributed by atoms with Gasteiger partial charge in [0.2, 0.25) is 5.91 Å². The molecule has 0 bridgehead atoms. The molecule has 0 aliphatic carbocycles. The summed E-state index contributed by atoms with van der Waals surface area (Å²) in [5.41, 5.74) is 2.82. The Morgan fingerprint density at radius 3 is 2.75 bits per heavy atom. The van der Waals surface area contributed by atoms with E-state index in [2.05, 4.69) is 4.98 Å². The highest BCUT2D eigenvalue weighted by Gasteiger charge is 2.16. The minimum Gasteiger partial charge on any atom is -0.497 e. The Balaban J connectivity index is 1.68. The summed E-state index contributed by atoms with van der Waals surface area (Å²) in [6.07, 6.45) is -0.580. The van der Waals surface area contributed by atoms with Gasteiger partial charge in [-0.25, -0.2) is 0 Å². The topological polar surface area (TPSA) is 82.6 Å². The van der Waals surface area contributed by atoms with Crippen LogP contribution in [0.3, 0.4) is 0 Å². The van der Waals surface area contributed by atoms with Crippen LogP contribution in [0.2, 0.25) is 0 Å². The molecule has 2 N–H and O–H groups in total. The number of rotatable bonds is 6. The lowest BCUT2D eigenvalue weighted by Gasteiger charge is -2.21. The molecule has 146 valence electrons. The van der Waals surface area contributed by atoms with Crippen molar-refractivity contribution in [3.63, 3.8) is 0 Å². The first-order valence-corrected chi connectivity index (χ1v) is 9.06. The van der Waals surface area contributed by atoms with Crippen LogP contribution in [0.5, 0.6) is 5.75 Å². The first-order valence-electron chi connectivity index (χ1n) is 9.06. The number of pyridine rings is 1. The number of ether oxygens (including phenoxy) is 1. The number of aliphatic hydroxyl groups is 1. The van der Waals surface area contributed by atoms with Crippen LogP contribution in [0.4, 0.5) is 0 Å². The molecule has 1 heterocycles. The minimum atomic E-state index is -0.798. The van der Waals surface area contributed by atoms with E-state index in [-0.39, 0.29) is 24.4 Å². The molecular weight excluding hydrogens is 356 g/mol. The predicted octanol–water partition coefficient (Wildman–Crippen LogP) is 2.58. The number of carbonyl (C=O) groups is 1. The van der Waals surface area contributed by atoms with Crippen LogP contribution in [0.15, 0.2) is 53.3 Å². The summed E-state index contributed by atoms with van der Waals surface area (Å²) in [4.78, 5) is 28.6. The van der Waals surface area contributed by atoms with E-state index >= 15 is 0 Å². The van der Waals surface area contributed by atoms with Crippen molar-refractivity contribution in [3.8, 4) is 5.75 Å². The second-order valence-electron chi connectivity index (χ2n) is 6.95. The van der Waals surface area contributed by atoms with Crippen LogP contribution in [-0.2, 0) is 11.2 Å². The van der Waals surface area contributed by atoms with E-state index in [4.69, 9.17) is 4.74 Å². The number of aromatic nitrogens is 1. The average Bonchev–Trinajstić information content (AvgIpc) is 2.69. The Morgan fingerprint density at radius 1 is 1.21 bits per heavy atom. The normalized spacial score (nSPS) is 12.0. The molecule has 0 aliphatic heterocycles. The zero-order valence-electron chi connectivity index (χ0n) is 16.2. The number of nitrogens with one attached hydrogen (secondary N) is 1. The van der Waals surface area contributed by atoms with Crippen LogP contribution < -0.4 is 10.3 Å². The van der Waals surface area contributed by atoms with Gasteiger partial charge in [0.1, 0.15) is 5.75 Å². The van der Waals surface area contributed by atoms with Crippen molar-refractivity contribution in [2.24, 2.45) is 0 Å². The Labute approximate surface area is 163 Å². The van der Waals surface area contributed by atoms with Gasteiger partial charge >= 0.3 is 0 Å². The number of benzene rings is 2. The van der Waals surface area contributed by atoms with Gasteiger partial charge in [-0.15, -0.1) is 0 Å². The molecule has 1 aromatic heterocycles. The van der Waals surface area contributed by atoms with Crippen molar-refractivity contribution in [2.75, 3.05) is 20.7 Å². The number of nitrogens with zero attached hydrogens (tertiary/aromatic N) is 1. The van der Waals surface area contributed by atoms with Crippen molar-refractivity contribution in [1.82, 2.24) is 9.88 Å². The molecule has 3 aromatic rings. The Hall–Kier alpha value is -3.12. The molecule has 6 nitrogen and oxygen atoms in total. The molecule has 0 spiro atoms. The zero-order valence-corrected chi connectivity index (χ0v) is 16.2. The predicted molar refractivity (Wildman–Crippen MR) is 109 cm³/mol. The SMILES string of the molecule is COc1cccc(C(O)CN(C)C(=O)Cc2ccc3[nH]c(=O)c(C)cc3c2)c1. The maximum Gasteiger partial charge on any atom is 0.251 e. The van der Waals surface area contributed by atoms with Gasteiger partial charge in [-0.2, -0.15) is 0 Å². The molecule has 3 rings (SSSR count). The van der Waals surface area contributed by atoms with Crippen LogP contribution >= 0.6 is 0 Å². The Bertz CT molecular complexity index is 1060. The van der Waals surface area contributed by atoms with E-state index in [1.165, 1.54) is 4.90 Å². The van der Waals surface area contributed by atoms with E-state index in [9.17, 15) is 14.7 Å². The number of aliphatic hydroxyl groups excluding tert-OH is 1. The van der Waals surface area contributed by atoms with E-state index in [1.807, 2.05) is 24.3 Å². The van der Waals surface area contributed by atoms with Crippen molar-refractivity contribution < 1.29 is 14.6 Å². The van der Waals surface area contributed by atoms with Gasteiger partial charge in [0.15, 0.2) is 0 Å². The van der Waals surface area contributed by atoms with E-state index < -0.39 is 6.10 Å². The van der Waals surface area contributed by atoms with Crippen molar-refractivity contribution in [3.05, 3.63) is 75.6 Å². The van der Waals surface area contributed by atoms with Gasteiger partial charge in [-0.1, -0.05) is 18.2 Å². The molecule has 6 heteroatoms. The molecule has 0 saturated heterocycles. The highest BCUT2D eigenvalue weighted by atomic mass is 16.5. The number of methoxy groups -OCH3 is 1. The lowest BCUT2D eigenvalue weighted by atomic mass is 10.1. The van der Waals surface area contributed by atoms with Gasteiger partial charge in [0.25, 0.3) is 5.56 Å². The van der Waals surface area contributed by atoms with Crippen molar-refractivity contribution >= 4 is 16.8 Å². The minimum absolute atomic E-state index is 0.0950. The summed E-state index contributed by atoms with van der Waals surface area (Å²) in [6.45, 7) is 1.94. The Morgan fingerprint density at radius 2 is 2.00 bits per heavy atom. The number of fused-ring (bicyclic) bond motifs is 1. The summed E-state index contributed by atoms with van der Waals surface area (Å²) >= 11 is 0. The van der Waals surface area contributed by atoms with Crippen molar-refractivity contribution in [1.29, 1.82) is 0 Å². The van der Waals surface area contributed by atoms with E-state index in [0.717, 1.165) is 16.5 Å². The highest BCUT2D eigenvalue weighted by Crippen LogP contribution is 2.20. The van der Waals surface area contributed by atoms with Crippen molar-refractivity contribution in [2.45, 2.75) is 19.4 Å². The van der Waals surface area contributed by atoms with Crippen LogP contribution in [-0.4, -0.2) is 41.6 Å². The smallest absolute Gasteiger partial charge is 0.251 e. The van der Waals surface area contributed by atoms with E-state index in [1.54, 1.807) is 45.3 Å². The Kier molecular flexibility index (Phi) is 5.80. The number of H-pyrrole nitrogens is 1. The summed E-state index contributed by atoms with van der Waals surface area (Å²) < 4.78 is 5.17. The van der Waals surface area contributed by atoms with Gasteiger partial charge in [0, 0.05) is 18.1 Å². The molecule has 0 aliphatic rings. The highest BCUT2D eigenvalue weighted by molar-refractivity contribution is 5.83. The molecule has 1 atom stereocenters. The fourth-order valence-corrected chi connectivity index (χ4v) is 3.10. The van der Waals surface area contributed by atoms with Crippen LogP contribution in [0.1, 0.15) is 22.8 Å². The fraction of sp³-hybridized carbons (Fsp3) is 0.273. The molecule has 2 aromatic carbocycles. The summed E-state index contributed by atoms with van der Waals surface area (Å²) in [5, 5.41) is 11.3. The maximum atomic E-state index is 12.6. The number of aromatic amines is 1. The number of amides is 1. The largest absolute Gasteiger partial charge is 0.497 e. The quantitative estimate of drug-likeness (QED) is 0.689. The van der Waals surface area contributed by atoms with Gasteiger partial charge < -0.3 is 19.7 Å². The number of carbonyl (C=O) groups excluding carboxylic acids is 1. The molecule has 28 heavy (non-hydrogen) atoms. The second-order valence-corrected chi connectivity index (χ2v) is 6.95. The lowest BCUT2D eigenvalue weighted by Crippen LogP contribution is -2.32. The molecule has 0 radical (unpaired) electrons. The number of aryl methyl sites for hydroxylation is 1. The number of hydrogen-bond acceptors (Lipinski definition) is 4. The zero-order chi connectivity index (χ0) is 20.3. The third kappa shape index (κ3) is 4.40. The third-order valence-electron chi connectivity index (χ3n) is 4.80.